The number of hydrogen-bond acceptors (Lipinski definition) is 4. The molecule has 1 aliphatic heterocycles. The van der Waals surface area contributed by atoms with Crippen LogP contribution in [0.5, 0.6) is 0 Å². The molecule has 0 amide bonds. The number of benzene rings is 2. The van der Waals surface area contributed by atoms with E-state index in [1.54, 1.807) is 6.07 Å². The number of H-pyrrole nitrogens is 1. The van der Waals surface area contributed by atoms with Gasteiger partial charge in [-0.15, -0.1) is 0 Å². The van der Waals surface area contributed by atoms with Gasteiger partial charge in [0.05, 0.1) is 11.9 Å². The summed E-state index contributed by atoms with van der Waals surface area (Å²) in [4.78, 5) is 2.68. The number of aromatic amines is 1. The predicted octanol–water partition coefficient (Wildman–Crippen LogP) is 4.07. The van der Waals surface area contributed by atoms with Crippen molar-refractivity contribution >= 4 is 9.84 Å². The molecule has 1 aromatic heterocycles. The topological polar surface area (TPSA) is 66.1 Å². The molecule has 158 valence electrons. The Kier molecular flexibility index (Phi) is 6.01. The second kappa shape index (κ2) is 8.70. The van der Waals surface area contributed by atoms with Crippen LogP contribution in [0.25, 0.3) is 11.1 Å². The zero-order chi connectivity index (χ0) is 21.1. The Hall–Kier alpha value is -2.51. The molecule has 0 radical (unpaired) electrons. The molecule has 1 N–H and O–H groups in total. The van der Waals surface area contributed by atoms with Gasteiger partial charge in [-0.25, -0.2) is 12.8 Å². The monoisotopic (exact) mass is 427 g/mol. The van der Waals surface area contributed by atoms with Gasteiger partial charge in [0.2, 0.25) is 0 Å². The van der Waals surface area contributed by atoms with Crippen molar-refractivity contribution in [2.24, 2.45) is 5.92 Å². The van der Waals surface area contributed by atoms with Crippen LogP contribution >= 0.6 is 0 Å². The molecule has 0 bridgehead atoms. The minimum absolute atomic E-state index is 0.214. The van der Waals surface area contributed by atoms with Crippen LogP contribution in [0.15, 0.2) is 59.6 Å². The summed E-state index contributed by atoms with van der Waals surface area (Å²) in [6.45, 7) is 2.58. The maximum Gasteiger partial charge on any atom is 0.178 e. The van der Waals surface area contributed by atoms with Crippen LogP contribution in [0.1, 0.15) is 24.1 Å². The number of sulfone groups is 1. The summed E-state index contributed by atoms with van der Waals surface area (Å²) >= 11 is 0. The minimum Gasteiger partial charge on any atom is -0.299 e. The van der Waals surface area contributed by atoms with Crippen molar-refractivity contribution in [2.75, 3.05) is 19.3 Å². The van der Waals surface area contributed by atoms with E-state index in [-0.39, 0.29) is 5.82 Å². The molecule has 5 nitrogen and oxygen atoms in total. The van der Waals surface area contributed by atoms with Gasteiger partial charge in [-0.3, -0.25) is 10.00 Å². The normalized spacial score (nSPS) is 17.9. The molecule has 0 saturated carbocycles. The fraction of sp³-hybridized carbons (Fsp3) is 0.348. The number of hydrogen-bond donors (Lipinski definition) is 1. The highest BCUT2D eigenvalue weighted by molar-refractivity contribution is 7.90. The van der Waals surface area contributed by atoms with Crippen LogP contribution in [0.3, 0.4) is 0 Å². The van der Waals surface area contributed by atoms with E-state index in [4.69, 9.17) is 0 Å². The first-order valence-electron chi connectivity index (χ1n) is 10.2. The van der Waals surface area contributed by atoms with Crippen LogP contribution in [0, 0.1) is 11.7 Å². The SMILES string of the molecule is CS(=O)(=O)c1cn[nH]c1C[C@H]1CCCN(Cc2ccccc2-c2ccccc2F)C1. The number of piperidine rings is 1. The van der Waals surface area contributed by atoms with Gasteiger partial charge in [-0.05, 0) is 48.9 Å². The number of rotatable bonds is 6. The van der Waals surface area contributed by atoms with Crippen LogP contribution in [-0.4, -0.2) is 42.9 Å². The molecule has 3 aromatic rings. The fourth-order valence-electron chi connectivity index (χ4n) is 4.36. The van der Waals surface area contributed by atoms with Gasteiger partial charge in [0.25, 0.3) is 0 Å². The number of likely N-dealkylation sites (tertiary alicyclic amines) is 1. The van der Waals surface area contributed by atoms with Gasteiger partial charge in [-0.1, -0.05) is 42.5 Å². The van der Waals surface area contributed by atoms with Crippen molar-refractivity contribution in [3.05, 3.63) is 71.8 Å². The van der Waals surface area contributed by atoms with Gasteiger partial charge in [-0.2, -0.15) is 5.10 Å². The van der Waals surface area contributed by atoms with Crippen molar-refractivity contribution in [2.45, 2.75) is 30.7 Å². The van der Waals surface area contributed by atoms with Gasteiger partial charge in [0.1, 0.15) is 10.7 Å². The molecule has 2 heterocycles. The molecule has 0 spiro atoms. The Balaban J connectivity index is 1.50. The Bertz CT molecular complexity index is 1130. The number of nitrogens with zero attached hydrogens (tertiary/aromatic N) is 2. The van der Waals surface area contributed by atoms with Crippen LogP contribution in [0.2, 0.25) is 0 Å². The Morgan fingerprint density at radius 1 is 1.13 bits per heavy atom. The lowest BCUT2D eigenvalue weighted by Crippen LogP contribution is -2.36. The van der Waals surface area contributed by atoms with Crippen molar-refractivity contribution in [1.82, 2.24) is 15.1 Å². The van der Waals surface area contributed by atoms with Crippen LogP contribution in [0.4, 0.5) is 4.39 Å². The van der Waals surface area contributed by atoms with Crippen molar-refractivity contribution in [3.8, 4) is 11.1 Å². The molecule has 2 aromatic carbocycles. The largest absolute Gasteiger partial charge is 0.299 e. The average molecular weight is 428 g/mol. The molecule has 7 heteroatoms. The number of halogens is 1. The Morgan fingerprint density at radius 2 is 1.87 bits per heavy atom. The maximum absolute atomic E-state index is 14.4. The first kappa shape index (κ1) is 20.8. The van der Waals surface area contributed by atoms with E-state index in [9.17, 15) is 12.8 Å². The summed E-state index contributed by atoms with van der Waals surface area (Å²) in [5, 5.41) is 6.81. The lowest BCUT2D eigenvalue weighted by molar-refractivity contribution is 0.166. The molecule has 0 aliphatic carbocycles. The smallest absolute Gasteiger partial charge is 0.178 e. The number of nitrogens with one attached hydrogen (secondary N) is 1. The van der Waals surface area contributed by atoms with E-state index < -0.39 is 9.84 Å². The molecule has 1 saturated heterocycles. The lowest BCUT2D eigenvalue weighted by Gasteiger charge is -2.33. The molecule has 1 fully saturated rings. The second-order valence-electron chi connectivity index (χ2n) is 8.07. The molecular formula is C23H26FN3O2S. The molecule has 0 unspecified atom stereocenters. The van der Waals surface area contributed by atoms with E-state index in [0.29, 0.717) is 28.5 Å². The summed E-state index contributed by atoms with van der Waals surface area (Å²) in [5.41, 5.74) is 3.33. The third-order valence-electron chi connectivity index (χ3n) is 5.75. The van der Waals surface area contributed by atoms with Gasteiger partial charge in [0.15, 0.2) is 9.84 Å². The first-order chi connectivity index (χ1) is 14.4. The molecule has 30 heavy (non-hydrogen) atoms. The standard InChI is InChI=1S/C23H26FN3O2S/c1-30(28,29)23-14-25-26-22(23)13-17-7-6-12-27(15-17)16-18-8-2-3-9-19(18)20-10-4-5-11-21(20)24/h2-5,8-11,14,17H,6-7,12-13,15-16H2,1H3,(H,25,26)/t17-/m1/s1. The Morgan fingerprint density at radius 3 is 2.63 bits per heavy atom. The van der Waals surface area contributed by atoms with Crippen molar-refractivity contribution in [3.63, 3.8) is 0 Å². The number of aromatic nitrogens is 2. The highest BCUT2D eigenvalue weighted by Crippen LogP contribution is 2.29. The van der Waals surface area contributed by atoms with E-state index in [1.807, 2.05) is 30.3 Å². The fourth-order valence-corrected chi connectivity index (χ4v) is 5.18. The summed E-state index contributed by atoms with van der Waals surface area (Å²) < 4.78 is 38.3. The quantitative estimate of drug-likeness (QED) is 0.644. The maximum atomic E-state index is 14.4. The van der Waals surface area contributed by atoms with Crippen molar-refractivity contribution in [1.29, 1.82) is 0 Å². The first-order valence-corrected chi connectivity index (χ1v) is 12.1. The van der Waals surface area contributed by atoms with E-state index >= 15 is 0 Å². The highest BCUT2D eigenvalue weighted by Gasteiger charge is 2.24. The highest BCUT2D eigenvalue weighted by atomic mass is 32.2. The van der Waals surface area contributed by atoms with Crippen LogP contribution < -0.4 is 0 Å². The van der Waals surface area contributed by atoms with Gasteiger partial charge in [0, 0.05) is 24.9 Å². The third-order valence-corrected chi connectivity index (χ3v) is 6.90. The molecule has 1 atom stereocenters. The van der Waals surface area contributed by atoms with Crippen LogP contribution in [-0.2, 0) is 22.8 Å². The predicted molar refractivity (Wildman–Crippen MR) is 115 cm³/mol. The Labute approximate surface area is 176 Å². The van der Waals surface area contributed by atoms with Gasteiger partial charge < -0.3 is 0 Å². The lowest BCUT2D eigenvalue weighted by atomic mass is 9.92. The van der Waals surface area contributed by atoms with E-state index in [1.165, 1.54) is 18.5 Å². The molecular weight excluding hydrogens is 401 g/mol. The summed E-state index contributed by atoms with van der Waals surface area (Å²) in [6.07, 6.45) is 5.38. The summed E-state index contributed by atoms with van der Waals surface area (Å²) in [5.74, 6) is 0.134. The molecule has 1 aliphatic rings. The minimum atomic E-state index is -3.29. The van der Waals surface area contributed by atoms with E-state index in [0.717, 1.165) is 43.6 Å². The van der Waals surface area contributed by atoms with E-state index in [2.05, 4.69) is 21.2 Å². The van der Waals surface area contributed by atoms with Gasteiger partial charge >= 0.3 is 0 Å². The summed E-state index contributed by atoms with van der Waals surface area (Å²) in [6, 6.07) is 14.8. The van der Waals surface area contributed by atoms with Crippen molar-refractivity contribution < 1.29 is 12.8 Å². The molecule has 4 rings (SSSR count). The second-order valence-corrected chi connectivity index (χ2v) is 10.1. The average Bonchev–Trinajstić information content (AvgIpc) is 3.18. The zero-order valence-electron chi connectivity index (χ0n) is 17.0. The zero-order valence-corrected chi connectivity index (χ0v) is 17.8. The summed E-state index contributed by atoms with van der Waals surface area (Å²) in [7, 11) is -3.29. The third kappa shape index (κ3) is 4.63.